The van der Waals surface area contributed by atoms with E-state index in [1.165, 1.54) is 18.9 Å². The van der Waals surface area contributed by atoms with Crippen molar-refractivity contribution < 1.29 is 13.9 Å². The Morgan fingerprint density at radius 2 is 2.32 bits per heavy atom. The highest BCUT2D eigenvalue weighted by Gasteiger charge is 2.20. The van der Waals surface area contributed by atoms with Crippen molar-refractivity contribution in [3.63, 3.8) is 0 Å². The molecule has 0 radical (unpaired) electrons. The van der Waals surface area contributed by atoms with E-state index in [1.54, 1.807) is 13.0 Å². The minimum atomic E-state index is -0.453. The topological polar surface area (TPSA) is 64.3 Å². The van der Waals surface area contributed by atoms with Gasteiger partial charge in [0.2, 0.25) is 5.91 Å². The van der Waals surface area contributed by atoms with E-state index in [0.29, 0.717) is 12.6 Å². The van der Waals surface area contributed by atoms with Crippen molar-refractivity contribution in [2.75, 3.05) is 6.61 Å². The van der Waals surface area contributed by atoms with E-state index >= 15 is 0 Å². The maximum atomic E-state index is 13.8. The van der Waals surface area contributed by atoms with Crippen LogP contribution in [0.25, 0.3) is 0 Å². The van der Waals surface area contributed by atoms with Crippen molar-refractivity contribution in [1.82, 2.24) is 5.32 Å². The number of amides is 1. The van der Waals surface area contributed by atoms with Crippen molar-refractivity contribution in [3.05, 3.63) is 29.6 Å². The first-order valence-electron chi connectivity index (χ1n) is 6.50. The Hall–Kier alpha value is -1.62. The number of carbonyl (C=O) groups is 1. The van der Waals surface area contributed by atoms with Crippen molar-refractivity contribution >= 4 is 5.91 Å². The van der Waals surface area contributed by atoms with E-state index in [-0.39, 0.29) is 12.4 Å². The first kappa shape index (κ1) is 13.8. The van der Waals surface area contributed by atoms with E-state index in [4.69, 9.17) is 10.5 Å². The zero-order valence-corrected chi connectivity index (χ0v) is 11.0. The molecular formula is C14H19FN2O2. The number of ether oxygens (including phenoxy) is 1. The zero-order valence-electron chi connectivity index (χ0n) is 11.0. The Kier molecular flexibility index (Phi) is 4.37. The van der Waals surface area contributed by atoms with Gasteiger partial charge in [0.15, 0.2) is 11.6 Å². The average Bonchev–Trinajstić information content (AvgIpc) is 3.18. The first-order valence-corrected chi connectivity index (χ1v) is 6.50. The number of hydrogen-bond acceptors (Lipinski definition) is 3. The van der Waals surface area contributed by atoms with Gasteiger partial charge in [-0.05, 0) is 30.5 Å². The Labute approximate surface area is 112 Å². The maximum Gasteiger partial charge on any atom is 0.223 e. The average molecular weight is 266 g/mol. The predicted octanol–water partition coefficient (Wildman–Crippen LogP) is 1.58. The standard InChI is InChI=1S/C14H19FN2O2/c1-9(14(16)18)8-19-13-5-2-10(6-12(13)15)7-17-11-3-4-11/h2,5-6,9,11,17H,3-4,7-8H2,1H3,(H2,16,18). The van der Waals surface area contributed by atoms with Gasteiger partial charge in [-0.3, -0.25) is 4.79 Å². The van der Waals surface area contributed by atoms with Crippen molar-refractivity contribution in [2.45, 2.75) is 32.4 Å². The summed E-state index contributed by atoms with van der Waals surface area (Å²) >= 11 is 0. The molecule has 1 fully saturated rings. The molecule has 0 spiro atoms. The molecule has 4 nitrogen and oxygen atoms in total. The quantitative estimate of drug-likeness (QED) is 0.787. The van der Waals surface area contributed by atoms with Gasteiger partial charge in [-0.25, -0.2) is 4.39 Å². The molecule has 0 heterocycles. The molecule has 0 aromatic heterocycles. The van der Waals surface area contributed by atoms with Gasteiger partial charge in [-0.2, -0.15) is 0 Å². The van der Waals surface area contributed by atoms with Crippen LogP contribution in [0.15, 0.2) is 18.2 Å². The number of rotatable bonds is 7. The predicted molar refractivity (Wildman–Crippen MR) is 70.1 cm³/mol. The lowest BCUT2D eigenvalue weighted by molar-refractivity contribution is -0.122. The van der Waals surface area contributed by atoms with E-state index in [9.17, 15) is 9.18 Å². The minimum absolute atomic E-state index is 0.0892. The Bertz CT molecular complexity index is 461. The van der Waals surface area contributed by atoms with Crippen molar-refractivity contribution in [3.8, 4) is 5.75 Å². The SMILES string of the molecule is CC(COc1ccc(CNC2CC2)cc1F)C(N)=O. The summed E-state index contributed by atoms with van der Waals surface area (Å²) in [6.07, 6.45) is 2.41. The van der Waals surface area contributed by atoms with Crippen LogP contribution in [0, 0.1) is 11.7 Å². The lowest BCUT2D eigenvalue weighted by Gasteiger charge is -2.11. The van der Waals surface area contributed by atoms with Crippen LogP contribution >= 0.6 is 0 Å². The highest BCUT2D eigenvalue weighted by atomic mass is 19.1. The smallest absolute Gasteiger partial charge is 0.223 e. The third-order valence-corrected chi connectivity index (χ3v) is 3.14. The summed E-state index contributed by atoms with van der Waals surface area (Å²) in [5.41, 5.74) is 6.00. The number of carbonyl (C=O) groups excluding carboxylic acids is 1. The zero-order chi connectivity index (χ0) is 13.8. The van der Waals surface area contributed by atoms with E-state index in [2.05, 4.69) is 5.32 Å². The van der Waals surface area contributed by atoms with Crippen LogP contribution in [-0.2, 0) is 11.3 Å². The van der Waals surface area contributed by atoms with Gasteiger partial charge in [0.05, 0.1) is 12.5 Å². The van der Waals surface area contributed by atoms with Crippen LogP contribution in [0.5, 0.6) is 5.75 Å². The monoisotopic (exact) mass is 266 g/mol. The molecule has 2 rings (SSSR count). The molecule has 1 saturated carbocycles. The number of nitrogens with one attached hydrogen (secondary N) is 1. The number of halogens is 1. The number of benzene rings is 1. The molecular weight excluding hydrogens is 247 g/mol. The summed E-state index contributed by atoms with van der Waals surface area (Å²) in [5.74, 6) is -1.14. The Morgan fingerprint density at radius 3 is 2.89 bits per heavy atom. The fourth-order valence-electron chi connectivity index (χ4n) is 1.62. The molecule has 104 valence electrons. The van der Waals surface area contributed by atoms with Crippen LogP contribution < -0.4 is 15.8 Å². The molecule has 3 N–H and O–H groups in total. The van der Waals surface area contributed by atoms with Crippen molar-refractivity contribution in [2.24, 2.45) is 11.7 Å². The summed E-state index contributed by atoms with van der Waals surface area (Å²) in [5, 5.41) is 3.32. The van der Waals surface area contributed by atoms with Crippen LogP contribution in [-0.4, -0.2) is 18.6 Å². The molecule has 5 heteroatoms. The van der Waals surface area contributed by atoms with E-state index in [1.807, 2.05) is 6.07 Å². The molecule has 1 atom stereocenters. The summed E-state index contributed by atoms with van der Waals surface area (Å²) < 4.78 is 19.0. The summed E-state index contributed by atoms with van der Waals surface area (Å²) in [7, 11) is 0. The molecule has 0 bridgehead atoms. The highest BCUT2D eigenvalue weighted by molar-refractivity contribution is 5.76. The van der Waals surface area contributed by atoms with Gasteiger partial charge in [0, 0.05) is 12.6 Å². The fraction of sp³-hybridized carbons (Fsp3) is 0.500. The summed E-state index contributed by atoms with van der Waals surface area (Å²) in [6.45, 7) is 2.40. The molecule has 0 aliphatic heterocycles. The second-order valence-electron chi connectivity index (χ2n) is 5.03. The largest absolute Gasteiger partial charge is 0.490 e. The number of nitrogens with two attached hydrogens (primary N) is 1. The maximum absolute atomic E-state index is 13.8. The Morgan fingerprint density at radius 1 is 1.58 bits per heavy atom. The van der Waals surface area contributed by atoms with E-state index in [0.717, 1.165) is 5.56 Å². The second-order valence-corrected chi connectivity index (χ2v) is 5.03. The molecule has 1 aromatic rings. The van der Waals surface area contributed by atoms with Gasteiger partial charge >= 0.3 is 0 Å². The minimum Gasteiger partial charge on any atom is -0.490 e. The molecule has 19 heavy (non-hydrogen) atoms. The lowest BCUT2D eigenvalue weighted by Crippen LogP contribution is -2.26. The van der Waals surface area contributed by atoms with Gasteiger partial charge in [-0.1, -0.05) is 13.0 Å². The molecule has 1 aromatic carbocycles. The van der Waals surface area contributed by atoms with E-state index < -0.39 is 17.6 Å². The van der Waals surface area contributed by atoms with Crippen LogP contribution in [0.4, 0.5) is 4.39 Å². The summed E-state index contributed by atoms with van der Waals surface area (Å²) in [4.78, 5) is 10.9. The first-order chi connectivity index (χ1) is 9.06. The normalized spacial score (nSPS) is 16.1. The number of primary amides is 1. The lowest BCUT2D eigenvalue weighted by atomic mass is 10.2. The second kappa shape index (κ2) is 6.02. The van der Waals surface area contributed by atoms with Gasteiger partial charge in [0.25, 0.3) is 0 Å². The number of hydrogen-bond donors (Lipinski definition) is 2. The van der Waals surface area contributed by atoms with Gasteiger partial charge in [0.1, 0.15) is 0 Å². The van der Waals surface area contributed by atoms with Crippen LogP contribution in [0.3, 0.4) is 0 Å². The van der Waals surface area contributed by atoms with Crippen molar-refractivity contribution in [1.29, 1.82) is 0 Å². The third-order valence-electron chi connectivity index (χ3n) is 3.14. The molecule has 0 saturated heterocycles. The molecule has 1 unspecified atom stereocenters. The molecule has 1 aliphatic rings. The Balaban J connectivity index is 1.88. The van der Waals surface area contributed by atoms with Crippen LogP contribution in [0.1, 0.15) is 25.3 Å². The molecule has 1 amide bonds. The third kappa shape index (κ3) is 4.21. The highest BCUT2D eigenvalue weighted by Crippen LogP contribution is 2.22. The fourth-order valence-corrected chi connectivity index (χ4v) is 1.62. The molecule has 1 aliphatic carbocycles. The summed E-state index contributed by atoms with van der Waals surface area (Å²) in [6, 6.07) is 5.46. The van der Waals surface area contributed by atoms with Gasteiger partial charge < -0.3 is 15.8 Å². The van der Waals surface area contributed by atoms with Gasteiger partial charge in [-0.15, -0.1) is 0 Å². The van der Waals surface area contributed by atoms with Crippen LogP contribution in [0.2, 0.25) is 0 Å².